The maximum atomic E-state index is 12.5. The molecule has 1 rings (SSSR count). The molecule has 0 N–H and O–H groups in total. The zero-order chi connectivity index (χ0) is 12.3. The summed E-state index contributed by atoms with van der Waals surface area (Å²) in [5.41, 5.74) is -0.198. The Balaban J connectivity index is 3.16. The first-order valence-corrected chi connectivity index (χ1v) is 6.15. The molecule has 1 heterocycles. The van der Waals surface area contributed by atoms with Crippen LogP contribution in [0.3, 0.4) is 0 Å². The quantitative estimate of drug-likeness (QED) is 0.570. The van der Waals surface area contributed by atoms with E-state index in [-0.39, 0.29) is 25.9 Å². The topological polar surface area (TPSA) is 39.2 Å². The number of halogens is 4. The van der Waals surface area contributed by atoms with Crippen molar-refractivity contribution < 1.29 is 18.3 Å². The summed E-state index contributed by atoms with van der Waals surface area (Å²) < 4.78 is 30.3. The highest BCUT2D eigenvalue weighted by Crippen LogP contribution is 2.31. The lowest BCUT2D eigenvalue weighted by Gasteiger charge is -2.08. The third-order valence-corrected chi connectivity index (χ3v) is 4.37. The van der Waals surface area contributed by atoms with Gasteiger partial charge in [-0.05, 0) is 45.4 Å². The molecule has 0 fully saturated rings. The van der Waals surface area contributed by atoms with Crippen LogP contribution in [0.2, 0.25) is 0 Å². The van der Waals surface area contributed by atoms with Crippen LogP contribution in [-0.4, -0.2) is 17.6 Å². The summed E-state index contributed by atoms with van der Waals surface area (Å²) in [6.45, 7) is 1.87. The molecule has 16 heavy (non-hydrogen) atoms. The Hall–Kier alpha value is -0.310. The highest BCUT2D eigenvalue weighted by atomic mass is 127. The Labute approximate surface area is 113 Å². The van der Waals surface area contributed by atoms with E-state index < -0.39 is 12.4 Å². The minimum Gasteiger partial charge on any atom is -0.461 e. The van der Waals surface area contributed by atoms with Crippen LogP contribution >= 0.6 is 38.5 Å². The summed E-state index contributed by atoms with van der Waals surface area (Å²) >= 11 is 4.80. The number of carbonyl (C=O) groups excluding carboxylic acids is 1. The van der Waals surface area contributed by atoms with Crippen molar-refractivity contribution in [2.45, 2.75) is 13.3 Å². The van der Waals surface area contributed by atoms with Gasteiger partial charge in [-0.2, -0.15) is 0 Å². The number of rotatable bonds is 3. The van der Waals surface area contributed by atoms with Crippen molar-refractivity contribution >= 4 is 44.5 Å². The molecule has 0 saturated heterocycles. The SMILES string of the molecule is CCOC(=O)c1ncc(C(F)F)c(I)c1Br. The fourth-order valence-electron chi connectivity index (χ4n) is 0.972. The second-order valence-electron chi connectivity index (χ2n) is 2.71. The van der Waals surface area contributed by atoms with Crippen molar-refractivity contribution in [1.29, 1.82) is 0 Å². The molecular formula is C9H7BrF2INO2. The number of alkyl halides is 2. The van der Waals surface area contributed by atoms with Crippen LogP contribution in [0.4, 0.5) is 8.78 Å². The van der Waals surface area contributed by atoms with Crippen LogP contribution in [0.1, 0.15) is 29.4 Å². The maximum absolute atomic E-state index is 12.5. The van der Waals surface area contributed by atoms with Crippen molar-refractivity contribution in [2.24, 2.45) is 0 Å². The van der Waals surface area contributed by atoms with Gasteiger partial charge in [-0.15, -0.1) is 0 Å². The smallest absolute Gasteiger partial charge is 0.358 e. The van der Waals surface area contributed by atoms with Crippen LogP contribution in [0.25, 0.3) is 0 Å². The first kappa shape index (κ1) is 13.8. The molecule has 0 aliphatic carbocycles. The zero-order valence-corrected chi connectivity index (χ0v) is 11.9. The third-order valence-electron chi connectivity index (χ3n) is 1.69. The van der Waals surface area contributed by atoms with Gasteiger partial charge < -0.3 is 4.74 Å². The predicted octanol–water partition coefficient (Wildman–Crippen LogP) is 3.56. The van der Waals surface area contributed by atoms with E-state index in [2.05, 4.69) is 20.9 Å². The van der Waals surface area contributed by atoms with E-state index in [9.17, 15) is 13.6 Å². The lowest BCUT2D eigenvalue weighted by atomic mass is 10.2. The standard InChI is InChI=1S/C9H7BrF2INO2/c1-2-16-9(15)7-5(10)6(13)4(3-14-7)8(11)12/h3,8H,2H2,1H3. The second-order valence-corrected chi connectivity index (χ2v) is 4.58. The van der Waals surface area contributed by atoms with Gasteiger partial charge in [-0.3, -0.25) is 0 Å². The van der Waals surface area contributed by atoms with Crippen LogP contribution in [0.5, 0.6) is 0 Å². The van der Waals surface area contributed by atoms with E-state index in [1.807, 2.05) is 0 Å². The Kier molecular flexibility index (Phi) is 5.03. The van der Waals surface area contributed by atoms with Crippen molar-refractivity contribution in [3.63, 3.8) is 0 Å². The predicted molar refractivity (Wildman–Crippen MR) is 65.6 cm³/mol. The first-order chi connectivity index (χ1) is 7.49. The molecule has 1 aromatic rings. The molecule has 0 amide bonds. The highest BCUT2D eigenvalue weighted by molar-refractivity contribution is 14.1. The maximum Gasteiger partial charge on any atom is 0.358 e. The van der Waals surface area contributed by atoms with Gasteiger partial charge in [0.1, 0.15) is 0 Å². The number of hydrogen-bond acceptors (Lipinski definition) is 3. The van der Waals surface area contributed by atoms with Crippen molar-refractivity contribution in [3.05, 3.63) is 25.5 Å². The van der Waals surface area contributed by atoms with Crippen LogP contribution in [-0.2, 0) is 4.74 Å². The summed E-state index contributed by atoms with van der Waals surface area (Å²) in [6, 6.07) is 0. The van der Waals surface area contributed by atoms with Gasteiger partial charge in [0.15, 0.2) is 5.69 Å². The summed E-state index contributed by atoms with van der Waals surface area (Å²) in [5, 5.41) is 0. The number of esters is 1. The molecule has 0 aliphatic heterocycles. The van der Waals surface area contributed by atoms with Crippen LogP contribution < -0.4 is 0 Å². The average molecular weight is 406 g/mol. The van der Waals surface area contributed by atoms with Gasteiger partial charge in [0.05, 0.1) is 16.6 Å². The summed E-state index contributed by atoms with van der Waals surface area (Å²) in [5.74, 6) is -0.631. The van der Waals surface area contributed by atoms with E-state index in [1.54, 1.807) is 29.5 Å². The molecule has 88 valence electrons. The molecule has 1 aromatic heterocycles. The Bertz CT molecular complexity index is 415. The van der Waals surface area contributed by atoms with Gasteiger partial charge in [0.2, 0.25) is 0 Å². The number of hydrogen-bond donors (Lipinski definition) is 0. The average Bonchev–Trinajstić information content (AvgIpc) is 2.21. The molecule has 0 spiro atoms. The molecule has 0 aliphatic rings. The van der Waals surface area contributed by atoms with E-state index in [0.717, 1.165) is 6.20 Å². The largest absolute Gasteiger partial charge is 0.461 e. The Morgan fingerprint density at radius 3 is 2.81 bits per heavy atom. The first-order valence-electron chi connectivity index (χ1n) is 4.28. The monoisotopic (exact) mass is 405 g/mol. The Morgan fingerprint density at radius 2 is 2.31 bits per heavy atom. The van der Waals surface area contributed by atoms with E-state index in [1.165, 1.54) is 0 Å². The number of ether oxygens (including phenoxy) is 1. The van der Waals surface area contributed by atoms with E-state index in [0.29, 0.717) is 0 Å². The fourth-order valence-corrected chi connectivity index (χ4v) is 2.10. The van der Waals surface area contributed by atoms with Crippen LogP contribution in [0.15, 0.2) is 10.7 Å². The number of carbonyl (C=O) groups is 1. The minimum atomic E-state index is -2.62. The zero-order valence-electron chi connectivity index (χ0n) is 8.14. The molecule has 0 aromatic carbocycles. The molecule has 3 nitrogen and oxygen atoms in total. The lowest BCUT2D eigenvalue weighted by Crippen LogP contribution is -2.10. The number of pyridine rings is 1. The molecule has 0 atom stereocenters. The summed E-state index contributed by atoms with van der Waals surface area (Å²) in [4.78, 5) is 15.1. The summed E-state index contributed by atoms with van der Waals surface area (Å²) in [7, 11) is 0. The highest BCUT2D eigenvalue weighted by Gasteiger charge is 2.21. The fraction of sp³-hybridized carbons (Fsp3) is 0.333. The third kappa shape index (κ3) is 2.88. The normalized spacial score (nSPS) is 10.6. The van der Waals surface area contributed by atoms with Crippen LogP contribution in [0, 0.1) is 3.57 Å². The summed E-state index contributed by atoms with van der Waals surface area (Å²) in [6.07, 6.45) is -1.63. The van der Waals surface area contributed by atoms with Gasteiger partial charge in [-0.1, -0.05) is 0 Å². The minimum absolute atomic E-state index is 0.00986. The molecule has 0 bridgehead atoms. The van der Waals surface area contributed by atoms with E-state index >= 15 is 0 Å². The van der Waals surface area contributed by atoms with Crippen molar-refractivity contribution in [2.75, 3.05) is 6.61 Å². The van der Waals surface area contributed by atoms with E-state index in [4.69, 9.17) is 4.74 Å². The molecule has 0 saturated carbocycles. The Morgan fingerprint density at radius 1 is 1.69 bits per heavy atom. The molecule has 0 radical (unpaired) electrons. The molecule has 7 heteroatoms. The van der Waals surface area contributed by atoms with Gasteiger partial charge in [0.25, 0.3) is 6.43 Å². The number of aromatic nitrogens is 1. The van der Waals surface area contributed by atoms with Gasteiger partial charge >= 0.3 is 5.97 Å². The second kappa shape index (κ2) is 5.85. The molecular weight excluding hydrogens is 399 g/mol. The van der Waals surface area contributed by atoms with Gasteiger partial charge in [0, 0.05) is 9.77 Å². The molecule has 0 unspecified atom stereocenters. The van der Waals surface area contributed by atoms with Crippen molar-refractivity contribution in [3.8, 4) is 0 Å². The number of nitrogens with zero attached hydrogens (tertiary/aromatic N) is 1. The van der Waals surface area contributed by atoms with Crippen molar-refractivity contribution in [1.82, 2.24) is 4.98 Å². The van der Waals surface area contributed by atoms with Gasteiger partial charge in [-0.25, -0.2) is 18.6 Å². The lowest BCUT2D eigenvalue weighted by molar-refractivity contribution is 0.0517.